The zero-order valence-electron chi connectivity index (χ0n) is 15.5. The summed E-state index contributed by atoms with van der Waals surface area (Å²) in [5.74, 6) is 1.55. The van der Waals surface area contributed by atoms with Crippen LogP contribution in [0.2, 0.25) is 0 Å². The molecule has 0 bridgehead atoms. The van der Waals surface area contributed by atoms with Crippen molar-refractivity contribution < 1.29 is 14.3 Å². The Morgan fingerprint density at radius 3 is 2.82 bits per heavy atom. The number of aryl methyl sites for hydroxylation is 1. The first-order chi connectivity index (χ1) is 13.5. The monoisotopic (exact) mass is 442 g/mol. The van der Waals surface area contributed by atoms with Crippen LogP contribution in [0.15, 0.2) is 47.2 Å². The van der Waals surface area contributed by atoms with Crippen LogP contribution < -0.4 is 14.8 Å². The maximum absolute atomic E-state index is 12.0. The minimum Gasteiger partial charge on any atom is -0.493 e. The molecule has 2 aromatic carbocycles. The fourth-order valence-electron chi connectivity index (χ4n) is 3.18. The third kappa shape index (κ3) is 3.60. The molecule has 1 aliphatic rings. The zero-order chi connectivity index (χ0) is 19.7. The van der Waals surface area contributed by atoms with E-state index in [0.717, 1.165) is 15.6 Å². The molecule has 1 aromatic heterocycles. The Morgan fingerprint density at radius 2 is 2.07 bits per heavy atom. The summed E-state index contributed by atoms with van der Waals surface area (Å²) in [6, 6.07) is 11.7. The summed E-state index contributed by atoms with van der Waals surface area (Å²) < 4.78 is 14.0. The van der Waals surface area contributed by atoms with Crippen molar-refractivity contribution in [3.63, 3.8) is 0 Å². The average molecular weight is 443 g/mol. The summed E-state index contributed by atoms with van der Waals surface area (Å²) in [7, 11) is 1.60. The van der Waals surface area contributed by atoms with Crippen LogP contribution >= 0.6 is 15.9 Å². The number of halogens is 1. The van der Waals surface area contributed by atoms with Crippen molar-refractivity contribution in [2.24, 2.45) is 0 Å². The van der Waals surface area contributed by atoms with E-state index in [1.807, 2.05) is 24.3 Å². The second-order valence-corrected chi connectivity index (χ2v) is 7.46. The molecule has 1 aliphatic heterocycles. The van der Waals surface area contributed by atoms with Crippen LogP contribution in [0.1, 0.15) is 29.2 Å². The Bertz CT molecular complexity index is 1020. The quantitative estimate of drug-likeness (QED) is 0.648. The Morgan fingerprint density at radius 1 is 1.29 bits per heavy atom. The van der Waals surface area contributed by atoms with Gasteiger partial charge in [-0.25, -0.2) is 4.68 Å². The van der Waals surface area contributed by atoms with Crippen LogP contribution in [0.25, 0.3) is 0 Å². The summed E-state index contributed by atoms with van der Waals surface area (Å²) in [6.07, 6.45) is 1.70. The van der Waals surface area contributed by atoms with Gasteiger partial charge in [0.15, 0.2) is 11.5 Å². The van der Waals surface area contributed by atoms with Crippen LogP contribution in [-0.4, -0.2) is 27.8 Å². The summed E-state index contributed by atoms with van der Waals surface area (Å²) in [5, 5.41) is 6.96. The van der Waals surface area contributed by atoms with Crippen molar-refractivity contribution in [1.29, 1.82) is 0 Å². The lowest BCUT2D eigenvalue weighted by atomic mass is 10.0. The number of methoxy groups -OCH3 is 1. The van der Waals surface area contributed by atoms with E-state index in [0.29, 0.717) is 24.1 Å². The number of carbonyl (C=O) groups excluding carboxylic acids is 1. The van der Waals surface area contributed by atoms with Crippen molar-refractivity contribution in [2.75, 3.05) is 12.4 Å². The van der Waals surface area contributed by atoms with Crippen LogP contribution in [0.3, 0.4) is 0 Å². The van der Waals surface area contributed by atoms with Gasteiger partial charge in [-0.2, -0.15) is 10.1 Å². The number of aromatic nitrogens is 3. The summed E-state index contributed by atoms with van der Waals surface area (Å²) >= 11 is 3.59. The number of ether oxygens (including phenoxy) is 2. The minimum atomic E-state index is -0.261. The van der Waals surface area contributed by atoms with Gasteiger partial charge < -0.3 is 9.47 Å². The first-order valence-corrected chi connectivity index (χ1v) is 9.59. The first kappa shape index (κ1) is 18.5. The highest BCUT2D eigenvalue weighted by Crippen LogP contribution is 2.40. The van der Waals surface area contributed by atoms with Gasteiger partial charge >= 0.3 is 0 Å². The first-order valence-electron chi connectivity index (χ1n) is 8.80. The molecule has 28 heavy (non-hydrogen) atoms. The maximum Gasteiger partial charge on any atom is 0.229 e. The normalized spacial score (nSPS) is 15.7. The van der Waals surface area contributed by atoms with E-state index in [9.17, 15) is 4.79 Å². The average Bonchev–Trinajstić information content (AvgIpc) is 3.15. The maximum atomic E-state index is 12.0. The van der Waals surface area contributed by atoms with E-state index < -0.39 is 0 Å². The third-order valence-corrected chi connectivity index (χ3v) is 5.23. The number of anilines is 1. The number of hydrogen-bond donors (Lipinski definition) is 1. The summed E-state index contributed by atoms with van der Waals surface area (Å²) in [6.45, 7) is 2.47. The SMILES string of the molecule is COc1cc(C2CC(=O)Nc3ncnn32)cc(Br)c1OCc1ccc(C)cc1. The highest BCUT2D eigenvalue weighted by molar-refractivity contribution is 9.10. The number of hydrogen-bond acceptors (Lipinski definition) is 5. The van der Waals surface area contributed by atoms with Crippen molar-refractivity contribution in [3.8, 4) is 11.5 Å². The Kier molecular flexibility index (Phi) is 5.04. The van der Waals surface area contributed by atoms with Gasteiger partial charge in [0, 0.05) is 0 Å². The van der Waals surface area contributed by atoms with Gasteiger partial charge in [-0.05, 0) is 46.1 Å². The molecule has 3 aromatic rings. The lowest BCUT2D eigenvalue weighted by Gasteiger charge is -2.25. The number of nitrogens with zero attached hydrogens (tertiary/aromatic N) is 3. The fraction of sp³-hybridized carbons (Fsp3) is 0.250. The smallest absolute Gasteiger partial charge is 0.229 e. The molecule has 4 rings (SSSR count). The van der Waals surface area contributed by atoms with Crippen LogP contribution in [0.4, 0.5) is 5.95 Å². The highest BCUT2D eigenvalue weighted by Gasteiger charge is 2.29. The molecule has 7 nitrogen and oxygen atoms in total. The van der Waals surface area contributed by atoms with Gasteiger partial charge in [0.05, 0.1) is 24.0 Å². The van der Waals surface area contributed by atoms with Gasteiger partial charge in [-0.15, -0.1) is 0 Å². The van der Waals surface area contributed by atoms with Crippen molar-refractivity contribution in [3.05, 3.63) is 63.9 Å². The van der Waals surface area contributed by atoms with Crippen LogP contribution in [-0.2, 0) is 11.4 Å². The standard InChI is InChI=1S/C20H19BrN4O3/c1-12-3-5-13(6-4-12)10-28-19-15(21)7-14(8-17(19)27-2)16-9-18(26)24-20-22-11-23-25(16)20/h3-8,11,16H,9-10H2,1-2H3,(H,22,23,24,26). The Hall–Kier alpha value is -2.87. The van der Waals surface area contributed by atoms with Crippen LogP contribution in [0, 0.1) is 6.92 Å². The van der Waals surface area contributed by atoms with Gasteiger partial charge in [-0.3, -0.25) is 10.1 Å². The number of benzene rings is 2. The predicted octanol–water partition coefficient (Wildman–Crippen LogP) is 3.87. The lowest BCUT2D eigenvalue weighted by molar-refractivity contribution is -0.117. The number of amides is 1. The second-order valence-electron chi connectivity index (χ2n) is 6.60. The summed E-state index contributed by atoms with van der Waals surface area (Å²) in [4.78, 5) is 16.1. The third-order valence-electron chi connectivity index (χ3n) is 4.64. The Balaban J connectivity index is 1.63. The number of rotatable bonds is 5. The molecule has 0 saturated heterocycles. The molecule has 0 radical (unpaired) electrons. The van der Waals surface area contributed by atoms with E-state index in [4.69, 9.17) is 9.47 Å². The molecule has 2 heterocycles. The van der Waals surface area contributed by atoms with Gasteiger partial charge in [0.25, 0.3) is 0 Å². The molecule has 0 saturated carbocycles. The molecule has 1 N–H and O–H groups in total. The molecule has 144 valence electrons. The van der Waals surface area contributed by atoms with Crippen molar-refractivity contribution >= 4 is 27.8 Å². The van der Waals surface area contributed by atoms with E-state index in [1.54, 1.807) is 11.8 Å². The molecule has 0 spiro atoms. The van der Waals surface area contributed by atoms with Gasteiger partial charge in [0.2, 0.25) is 11.9 Å². The zero-order valence-corrected chi connectivity index (χ0v) is 17.1. The molecular formula is C20H19BrN4O3. The number of carbonyl (C=O) groups is 1. The fourth-order valence-corrected chi connectivity index (χ4v) is 3.75. The number of nitrogens with one attached hydrogen (secondary N) is 1. The Labute approximate surface area is 170 Å². The largest absolute Gasteiger partial charge is 0.493 e. The topological polar surface area (TPSA) is 78.3 Å². The van der Waals surface area contributed by atoms with E-state index in [2.05, 4.69) is 50.4 Å². The molecular weight excluding hydrogens is 424 g/mol. The molecule has 1 atom stereocenters. The molecule has 1 unspecified atom stereocenters. The number of fused-ring (bicyclic) bond motifs is 1. The molecule has 8 heteroatoms. The van der Waals surface area contributed by atoms with Crippen molar-refractivity contribution in [1.82, 2.24) is 14.8 Å². The van der Waals surface area contributed by atoms with E-state index in [1.165, 1.54) is 11.9 Å². The van der Waals surface area contributed by atoms with Gasteiger partial charge in [-0.1, -0.05) is 29.8 Å². The second kappa shape index (κ2) is 7.63. The van der Waals surface area contributed by atoms with Crippen molar-refractivity contribution in [2.45, 2.75) is 26.0 Å². The van der Waals surface area contributed by atoms with E-state index in [-0.39, 0.29) is 18.4 Å². The predicted molar refractivity (Wildman–Crippen MR) is 108 cm³/mol. The molecule has 0 aliphatic carbocycles. The minimum absolute atomic E-state index is 0.0970. The van der Waals surface area contributed by atoms with Crippen LogP contribution in [0.5, 0.6) is 11.5 Å². The summed E-state index contributed by atoms with van der Waals surface area (Å²) in [5.41, 5.74) is 3.16. The lowest BCUT2D eigenvalue weighted by Crippen LogP contribution is -2.29. The van der Waals surface area contributed by atoms with E-state index >= 15 is 0 Å². The molecule has 0 fully saturated rings. The van der Waals surface area contributed by atoms with Gasteiger partial charge in [0.1, 0.15) is 12.9 Å². The highest BCUT2D eigenvalue weighted by atomic mass is 79.9. The molecule has 1 amide bonds.